The molecule has 1 nitrogen and oxygen atoms in total. The van der Waals surface area contributed by atoms with Gasteiger partial charge in [0.2, 0.25) is 0 Å². The quantitative estimate of drug-likeness (QED) is 0.478. The van der Waals surface area contributed by atoms with E-state index in [4.69, 9.17) is 5.11 Å². The zero-order chi connectivity index (χ0) is 8.10. The van der Waals surface area contributed by atoms with Gasteiger partial charge in [0.1, 0.15) is 0 Å². The summed E-state index contributed by atoms with van der Waals surface area (Å²) in [5, 5.41) is 8.79. The number of hydrogen-bond donors (Lipinski definition) is 1. The van der Waals surface area contributed by atoms with Gasteiger partial charge in [-0.25, -0.2) is 0 Å². The molecule has 1 saturated carbocycles. The molecule has 0 aromatic heterocycles. The summed E-state index contributed by atoms with van der Waals surface area (Å²) in [6, 6.07) is 0. The first-order valence-electron chi connectivity index (χ1n) is 4.63. The van der Waals surface area contributed by atoms with Gasteiger partial charge in [0.25, 0.3) is 0 Å². The minimum absolute atomic E-state index is 0.323. The van der Waals surface area contributed by atoms with E-state index in [1.54, 1.807) is 0 Å². The molecule has 0 saturated heterocycles. The van der Waals surface area contributed by atoms with Crippen molar-refractivity contribution in [2.75, 3.05) is 6.61 Å². The van der Waals surface area contributed by atoms with Gasteiger partial charge in [0.05, 0.1) is 0 Å². The summed E-state index contributed by atoms with van der Waals surface area (Å²) < 4.78 is 0. The SMILES string of the molecule is C=C1CCCCCC1CCO. The first kappa shape index (κ1) is 8.79. The molecule has 0 radical (unpaired) electrons. The van der Waals surface area contributed by atoms with Crippen molar-refractivity contribution in [3.05, 3.63) is 12.2 Å². The molecule has 0 spiro atoms. The first-order chi connectivity index (χ1) is 5.34. The fourth-order valence-electron chi connectivity index (χ4n) is 1.83. The maximum absolute atomic E-state index is 8.79. The highest BCUT2D eigenvalue weighted by Crippen LogP contribution is 2.28. The van der Waals surface area contributed by atoms with Gasteiger partial charge in [0, 0.05) is 6.61 Å². The molecule has 1 unspecified atom stereocenters. The zero-order valence-electron chi connectivity index (χ0n) is 7.18. The number of aliphatic hydroxyl groups excluding tert-OH is 1. The molecule has 0 aromatic rings. The Morgan fingerprint density at radius 3 is 2.91 bits per heavy atom. The molecule has 1 rings (SSSR count). The molecule has 1 aliphatic rings. The molecule has 0 aliphatic heterocycles. The molecule has 1 fully saturated rings. The maximum atomic E-state index is 8.79. The minimum Gasteiger partial charge on any atom is -0.396 e. The highest BCUT2D eigenvalue weighted by atomic mass is 16.3. The van der Waals surface area contributed by atoms with E-state index < -0.39 is 0 Å². The van der Waals surface area contributed by atoms with E-state index in [1.165, 1.54) is 37.7 Å². The van der Waals surface area contributed by atoms with Gasteiger partial charge >= 0.3 is 0 Å². The molecular formula is C10H18O. The molecule has 1 heteroatoms. The third-order valence-corrected chi connectivity index (χ3v) is 2.61. The molecule has 64 valence electrons. The van der Waals surface area contributed by atoms with Crippen LogP contribution >= 0.6 is 0 Å². The van der Waals surface area contributed by atoms with Crippen molar-refractivity contribution >= 4 is 0 Å². The second kappa shape index (κ2) is 4.55. The Morgan fingerprint density at radius 1 is 1.36 bits per heavy atom. The lowest BCUT2D eigenvalue weighted by Gasteiger charge is -2.14. The van der Waals surface area contributed by atoms with E-state index in [0.29, 0.717) is 12.5 Å². The number of allylic oxidation sites excluding steroid dienone is 1. The monoisotopic (exact) mass is 154 g/mol. The van der Waals surface area contributed by atoms with Crippen molar-refractivity contribution in [2.45, 2.75) is 38.5 Å². The third-order valence-electron chi connectivity index (χ3n) is 2.61. The summed E-state index contributed by atoms with van der Waals surface area (Å²) in [4.78, 5) is 0. The molecule has 0 heterocycles. The summed E-state index contributed by atoms with van der Waals surface area (Å²) in [5.41, 5.74) is 1.37. The summed E-state index contributed by atoms with van der Waals surface area (Å²) in [7, 11) is 0. The highest BCUT2D eigenvalue weighted by molar-refractivity contribution is 5.01. The molecule has 1 atom stereocenters. The van der Waals surface area contributed by atoms with E-state index in [2.05, 4.69) is 6.58 Å². The smallest absolute Gasteiger partial charge is 0.0436 e. The Kier molecular flexibility index (Phi) is 3.64. The van der Waals surface area contributed by atoms with Crippen LogP contribution in [0, 0.1) is 5.92 Å². The van der Waals surface area contributed by atoms with Crippen LogP contribution < -0.4 is 0 Å². The molecular weight excluding hydrogens is 136 g/mol. The Balaban J connectivity index is 2.39. The van der Waals surface area contributed by atoms with E-state index in [-0.39, 0.29) is 0 Å². The number of hydrogen-bond acceptors (Lipinski definition) is 1. The molecule has 0 aromatic carbocycles. The van der Waals surface area contributed by atoms with E-state index in [9.17, 15) is 0 Å². The van der Waals surface area contributed by atoms with Crippen LogP contribution in [0.5, 0.6) is 0 Å². The fraction of sp³-hybridized carbons (Fsp3) is 0.800. The van der Waals surface area contributed by atoms with Gasteiger partial charge in [-0.15, -0.1) is 0 Å². The third kappa shape index (κ3) is 2.66. The van der Waals surface area contributed by atoms with Crippen LogP contribution in [0.1, 0.15) is 38.5 Å². The summed E-state index contributed by atoms with van der Waals surface area (Å²) >= 11 is 0. The van der Waals surface area contributed by atoms with Crippen LogP contribution in [0.25, 0.3) is 0 Å². The van der Waals surface area contributed by atoms with Crippen molar-refractivity contribution in [2.24, 2.45) is 5.92 Å². The standard InChI is InChI=1S/C10H18O/c1-9-5-3-2-4-6-10(9)7-8-11/h10-11H,1-8H2. The van der Waals surface area contributed by atoms with Crippen molar-refractivity contribution < 1.29 is 5.11 Å². The van der Waals surface area contributed by atoms with Gasteiger partial charge in [-0.05, 0) is 31.6 Å². The number of rotatable bonds is 2. The van der Waals surface area contributed by atoms with Crippen LogP contribution in [0.4, 0.5) is 0 Å². The fourth-order valence-corrected chi connectivity index (χ4v) is 1.83. The van der Waals surface area contributed by atoms with Gasteiger partial charge in [-0.2, -0.15) is 0 Å². The topological polar surface area (TPSA) is 20.2 Å². The van der Waals surface area contributed by atoms with Crippen molar-refractivity contribution in [3.8, 4) is 0 Å². The molecule has 1 N–H and O–H groups in total. The molecule has 1 aliphatic carbocycles. The number of aliphatic hydroxyl groups is 1. The Hall–Kier alpha value is -0.300. The van der Waals surface area contributed by atoms with Gasteiger partial charge in [-0.1, -0.05) is 25.0 Å². The molecule has 0 bridgehead atoms. The maximum Gasteiger partial charge on any atom is 0.0436 e. The average Bonchev–Trinajstić information content (AvgIpc) is 2.18. The summed E-state index contributed by atoms with van der Waals surface area (Å²) in [5.74, 6) is 0.613. The highest BCUT2D eigenvalue weighted by Gasteiger charge is 2.14. The first-order valence-corrected chi connectivity index (χ1v) is 4.63. The zero-order valence-corrected chi connectivity index (χ0v) is 7.18. The van der Waals surface area contributed by atoms with Crippen LogP contribution in [0.2, 0.25) is 0 Å². The van der Waals surface area contributed by atoms with Crippen molar-refractivity contribution in [3.63, 3.8) is 0 Å². The second-order valence-electron chi connectivity index (χ2n) is 3.47. The predicted octanol–water partition coefficient (Wildman–Crippen LogP) is 2.51. The minimum atomic E-state index is 0.323. The summed E-state index contributed by atoms with van der Waals surface area (Å²) in [6.07, 6.45) is 7.34. The van der Waals surface area contributed by atoms with Gasteiger partial charge in [0.15, 0.2) is 0 Å². The van der Waals surface area contributed by atoms with Gasteiger partial charge in [-0.3, -0.25) is 0 Å². The van der Waals surface area contributed by atoms with Crippen LogP contribution in [0.3, 0.4) is 0 Å². The summed E-state index contributed by atoms with van der Waals surface area (Å²) in [6.45, 7) is 4.39. The average molecular weight is 154 g/mol. The van der Waals surface area contributed by atoms with Crippen LogP contribution in [0.15, 0.2) is 12.2 Å². The predicted molar refractivity (Wildman–Crippen MR) is 47.4 cm³/mol. The normalized spacial score (nSPS) is 26.6. The Labute approximate surface area is 69.1 Å². The Morgan fingerprint density at radius 2 is 2.18 bits per heavy atom. The van der Waals surface area contributed by atoms with Crippen LogP contribution in [-0.2, 0) is 0 Å². The van der Waals surface area contributed by atoms with E-state index >= 15 is 0 Å². The lowest BCUT2D eigenvalue weighted by molar-refractivity contribution is 0.263. The lowest BCUT2D eigenvalue weighted by atomic mass is 9.93. The van der Waals surface area contributed by atoms with E-state index in [0.717, 1.165) is 6.42 Å². The van der Waals surface area contributed by atoms with Gasteiger partial charge < -0.3 is 5.11 Å². The molecule has 0 amide bonds. The van der Waals surface area contributed by atoms with Crippen molar-refractivity contribution in [1.82, 2.24) is 0 Å². The molecule has 11 heavy (non-hydrogen) atoms. The Bertz CT molecular complexity index is 129. The van der Waals surface area contributed by atoms with Crippen molar-refractivity contribution in [1.29, 1.82) is 0 Å². The largest absolute Gasteiger partial charge is 0.396 e. The lowest BCUT2D eigenvalue weighted by Crippen LogP contribution is -2.03. The van der Waals surface area contributed by atoms with E-state index in [1.807, 2.05) is 0 Å². The van der Waals surface area contributed by atoms with Crippen LogP contribution in [-0.4, -0.2) is 11.7 Å². The second-order valence-corrected chi connectivity index (χ2v) is 3.47.